The lowest BCUT2D eigenvalue weighted by atomic mass is 10.2. The fourth-order valence-electron chi connectivity index (χ4n) is 2.79. The van der Waals surface area contributed by atoms with Crippen molar-refractivity contribution in [3.05, 3.63) is 46.9 Å². The second-order valence-corrected chi connectivity index (χ2v) is 7.20. The molecule has 154 valence electrons. The van der Waals surface area contributed by atoms with E-state index in [-0.39, 0.29) is 18.6 Å². The van der Waals surface area contributed by atoms with Crippen molar-refractivity contribution < 1.29 is 28.5 Å². The van der Waals surface area contributed by atoms with Crippen LogP contribution in [0.5, 0.6) is 23.0 Å². The number of carbonyl (C=O) groups is 2. The SMILES string of the molecule is COc1cc(/C=C2/SC(=O)NC2=Nc2ccc3c(c2)OCO3)ccc1OCC(N)=O. The van der Waals surface area contributed by atoms with E-state index in [1.807, 2.05) is 0 Å². The van der Waals surface area contributed by atoms with Crippen LogP contribution >= 0.6 is 11.8 Å². The minimum absolute atomic E-state index is 0.175. The Morgan fingerprint density at radius 3 is 2.87 bits per heavy atom. The Morgan fingerprint density at radius 2 is 2.07 bits per heavy atom. The zero-order valence-electron chi connectivity index (χ0n) is 15.8. The summed E-state index contributed by atoms with van der Waals surface area (Å²) in [5, 5.41) is 2.51. The highest BCUT2D eigenvalue weighted by molar-refractivity contribution is 8.18. The van der Waals surface area contributed by atoms with Gasteiger partial charge in [0.25, 0.3) is 11.1 Å². The number of amides is 2. The molecule has 0 bridgehead atoms. The number of carbonyl (C=O) groups excluding carboxylic acids is 2. The number of primary amides is 1. The topological polar surface area (TPSA) is 121 Å². The Bertz CT molecular complexity index is 1080. The van der Waals surface area contributed by atoms with E-state index in [0.29, 0.717) is 39.4 Å². The number of fused-ring (bicyclic) bond motifs is 1. The van der Waals surface area contributed by atoms with Gasteiger partial charge in [0.15, 0.2) is 29.6 Å². The zero-order chi connectivity index (χ0) is 21.1. The van der Waals surface area contributed by atoms with Crippen LogP contribution in [0.4, 0.5) is 10.5 Å². The van der Waals surface area contributed by atoms with Crippen molar-refractivity contribution in [1.82, 2.24) is 5.32 Å². The highest BCUT2D eigenvalue weighted by atomic mass is 32.2. The van der Waals surface area contributed by atoms with Gasteiger partial charge in [-0.2, -0.15) is 0 Å². The summed E-state index contributed by atoms with van der Waals surface area (Å²) in [7, 11) is 1.49. The molecule has 2 aromatic rings. The molecule has 10 heteroatoms. The van der Waals surface area contributed by atoms with E-state index < -0.39 is 5.91 Å². The van der Waals surface area contributed by atoms with Crippen LogP contribution in [0.3, 0.4) is 0 Å². The third-order valence-electron chi connectivity index (χ3n) is 4.11. The first-order valence-electron chi connectivity index (χ1n) is 8.80. The zero-order valence-corrected chi connectivity index (χ0v) is 16.7. The Labute approximate surface area is 175 Å². The van der Waals surface area contributed by atoms with Gasteiger partial charge < -0.3 is 30.0 Å². The average molecular weight is 427 g/mol. The summed E-state index contributed by atoms with van der Waals surface area (Å²) in [5.74, 6) is 1.93. The fraction of sp³-hybridized carbons (Fsp3) is 0.150. The van der Waals surface area contributed by atoms with Gasteiger partial charge in [0, 0.05) is 6.07 Å². The van der Waals surface area contributed by atoms with E-state index in [1.54, 1.807) is 42.5 Å². The molecule has 0 aliphatic carbocycles. The Kier molecular flexibility index (Phi) is 5.48. The molecule has 2 aromatic carbocycles. The van der Waals surface area contributed by atoms with Crippen molar-refractivity contribution in [2.75, 3.05) is 20.5 Å². The first-order valence-corrected chi connectivity index (χ1v) is 9.62. The van der Waals surface area contributed by atoms with Crippen molar-refractivity contribution >= 4 is 40.5 Å². The van der Waals surface area contributed by atoms with Crippen LogP contribution in [0.2, 0.25) is 0 Å². The molecule has 9 nitrogen and oxygen atoms in total. The number of hydrogen-bond donors (Lipinski definition) is 2. The molecule has 0 atom stereocenters. The van der Waals surface area contributed by atoms with Crippen LogP contribution in [-0.4, -0.2) is 37.5 Å². The summed E-state index contributed by atoms with van der Waals surface area (Å²) in [5.41, 5.74) is 6.49. The highest BCUT2D eigenvalue weighted by Crippen LogP contribution is 2.37. The molecule has 2 heterocycles. The van der Waals surface area contributed by atoms with Crippen molar-refractivity contribution in [3.63, 3.8) is 0 Å². The van der Waals surface area contributed by atoms with E-state index in [9.17, 15) is 9.59 Å². The van der Waals surface area contributed by atoms with E-state index in [1.165, 1.54) is 7.11 Å². The average Bonchev–Trinajstić information content (AvgIpc) is 3.32. The summed E-state index contributed by atoms with van der Waals surface area (Å²) in [6.45, 7) is -0.0779. The number of rotatable bonds is 6. The molecule has 0 spiro atoms. The first kappa shape index (κ1) is 19.6. The standard InChI is InChI=1S/C20H17N3O6S/c1-26-15-6-11(2-4-13(15)27-9-18(21)24)7-17-19(23-20(25)30-17)22-12-3-5-14-16(8-12)29-10-28-14/h2-8H,9-10H2,1H3,(H2,21,24)(H,22,23,25)/b17-7+. The molecule has 0 saturated carbocycles. The lowest BCUT2D eigenvalue weighted by Gasteiger charge is -2.10. The summed E-state index contributed by atoms with van der Waals surface area (Å²) < 4.78 is 21.3. The maximum absolute atomic E-state index is 12.0. The van der Waals surface area contributed by atoms with Gasteiger partial charge >= 0.3 is 0 Å². The van der Waals surface area contributed by atoms with E-state index in [4.69, 9.17) is 24.7 Å². The number of ether oxygens (including phenoxy) is 4. The van der Waals surface area contributed by atoms with Gasteiger partial charge in [0.2, 0.25) is 6.79 Å². The van der Waals surface area contributed by atoms with E-state index in [2.05, 4.69) is 10.3 Å². The summed E-state index contributed by atoms with van der Waals surface area (Å²) in [6, 6.07) is 10.5. The number of nitrogens with one attached hydrogen (secondary N) is 1. The van der Waals surface area contributed by atoms with Crippen molar-refractivity contribution in [2.45, 2.75) is 0 Å². The number of amidine groups is 1. The van der Waals surface area contributed by atoms with Crippen molar-refractivity contribution in [3.8, 4) is 23.0 Å². The van der Waals surface area contributed by atoms with Gasteiger partial charge in [0.05, 0.1) is 17.7 Å². The quantitative estimate of drug-likeness (QED) is 0.727. The third-order valence-corrected chi connectivity index (χ3v) is 4.93. The molecule has 4 rings (SSSR count). The van der Waals surface area contributed by atoms with Gasteiger partial charge in [-0.25, -0.2) is 4.99 Å². The van der Waals surface area contributed by atoms with Crippen LogP contribution in [0.1, 0.15) is 5.56 Å². The Morgan fingerprint density at radius 1 is 1.23 bits per heavy atom. The monoisotopic (exact) mass is 427 g/mol. The number of thioether (sulfide) groups is 1. The second-order valence-electron chi connectivity index (χ2n) is 6.19. The van der Waals surface area contributed by atoms with Crippen LogP contribution in [-0.2, 0) is 4.79 Å². The molecule has 30 heavy (non-hydrogen) atoms. The predicted octanol–water partition coefficient (Wildman–Crippen LogP) is 2.82. The van der Waals surface area contributed by atoms with Crippen molar-refractivity contribution in [2.24, 2.45) is 10.7 Å². The van der Waals surface area contributed by atoms with Crippen LogP contribution in [0.25, 0.3) is 6.08 Å². The van der Waals surface area contributed by atoms with Gasteiger partial charge in [-0.05, 0) is 47.7 Å². The maximum atomic E-state index is 12.0. The number of hydrogen-bond acceptors (Lipinski definition) is 8. The second kappa shape index (κ2) is 8.37. The first-order chi connectivity index (χ1) is 14.5. The lowest BCUT2D eigenvalue weighted by molar-refractivity contribution is -0.119. The highest BCUT2D eigenvalue weighted by Gasteiger charge is 2.24. The number of benzene rings is 2. The Hall–Kier alpha value is -3.66. The third kappa shape index (κ3) is 4.33. The number of nitrogens with zero attached hydrogens (tertiary/aromatic N) is 1. The Balaban J connectivity index is 1.61. The fourth-order valence-corrected chi connectivity index (χ4v) is 3.53. The molecule has 2 aliphatic rings. The molecule has 0 radical (unpaired) electrons. The molecule has 0 aromatic heterocycles. The van der Waals surface area contributed by atoms with Crippen molar-refractivity contribution in [1.29, 1.82) is 0 Å². The summed E-state index contributed by atoms with van der Waals surface area (Å²) >= 11 is 1.04. The number of methoxy groups -OCH3 is 1. The largest absolute Gasteiger partial charge is 0.493 e. The van der Waals surface area contributed by atoms with Gasteiger partial charge in [-0.15, -0.1) is 0 Å². The van der Waals surface area contributed by atoms with Crippen LogP contribution in [0, 0.1) is 0 Å². The van der Waals surface area contributed by atoms with Gasteiger partial charge in [-0.1, -0.05) is 6.07 Å². The number of nitrogens with two attached hydrogens (primary N) is 1. The van der Waals surface area contributed by atoms with Crippen LogP contribution < -0.4 is 30.0 Å². The predicted molar refractivity (Wildman–Crippen MR) is 111 cm³/mol. The molecule has 3 N–H and O–H groups in total. The minimum Gasteiger partial charge on any atom is -0.493 e. The van der Waals surface area contributed by atoms with Gasteiger partial charge in [-0.3, -0.25) is 9.59 Å². The minimum atomic E-state index is -0.584. The molecule has 2 amide bonds. The smallest absolute Gasteiger partial charge is 0.289 e. The molecule has 1 fully saturated rings. The molecule has 0 unspecified atom stereocenters. The summed E-state index contributed by atoms with van der Waals surface area (Å²) in [6.07, 6.45) is 1.80. The normalized spacial score (nSPS) is 17.3. The molecule has 1 saturated heterocycles. The molecular weight excluding hydrogens is 410 g/mol. The molecule has 2 aliphatic heterocycles. The van der Waals surface area contributed by atoms with E-state index in [0.717, 1.165) is 17.3 Å². The van der Waals surface area contributed by atoms with Gasteiger partial charge in [0.1, 0.15) is 5.84 Å². The molecular formula is C20H17N3O6S. The maximum Gasteiger partial charge on any atom is 0.289 e. The number of aliphatic imine (C=N–C) groups is 1. The van der Waals surface area contributed by atoms with E-state index >= 15 is 0 Å². The van der Waals surface area contributed by atoms with Crippen LogP contribution in [0.15, 0.2) is 46.3 Å². The summed E-state index contributed by atoms with van der Waals surface area (Å²) in [4.78, 5) is 28.1. The lowest BCUT2D eigenvalue weighted by Crippen LogP contribution is -2.20.